The summed E-state index contributed by atoms with van der Waals surface area (Å²) in [5.74, 6) is -0.611. The molecule has 2 aromatic carbocycles. The summed E-state index contributed by atoms with van der Waals surface area (Å²) in [6.07, 6.45) is 2.16. The molecular weight excluding hydrogens is 424 g/mol. The third-order valence-electron chi connectivity index (χ3n) is 4.87. The molecule has 1 saturated heterocycles. The lowest BCUT2D eigenvalue weighted by Gasteiger charge is -2.22. The molecule has 11 heteroatoms. The van der Waals surface area contributed by atoms with Crippen LogP contribution < -0.4 is 14.5 Å². The minimum Gasteiger partial charge on any atom is -0.324 e. The molecule has 164 valence electrons. The highest BCUT2D eigenvalue weighted by Crippen LogP contribution is 2.28. The van der Waals surface area contributed by atoms with Crippen molar-refractivity contribution < 1.29 is 22.9 Å². The van der Waals surface area contributed by atoms with Gasteiger partial charge in [-0.2, -0.15) is 0 Å². The van der Waals surface area contributed by atoms with E-state index in [1.165, 1.54) is 18.2 Å². The van der Waals surface area contributed by atoms with E-state index in [0.717, 1.165) is 28.6 Å². The van der Waals surface area contributed by atoms with E-state index in [2.05, 4.69) is 5.32 Å². The molecule has 0 radical (unpaired) electrons. The third-order valence-corrected chi connectivity index (χ3v) is 6.01. The average Bonchev–Trinajstić information content (AvgIpc) is 3.12. The largest absolute Gasteiger partial charge is 0.324 e. The fourth-order valence-electron chi connectivity index (χ4n) is 3.37. The van der Waals surface area contributed by atoms with Gasteiger partial charge in [0, 0.05) is 36.5 Å². The van der Waals surface area contributed by atoms with E-state index in [9.17, 15) is 28.1 Å². The number of benzene rings is 2. The summed E-state index contributed by atoms with van der Waals surface area (Å²) in [5, 5.41) is 13.7. The van der Waals surface area contributed by atoms with Gasteiger partial charge in [-0.1, -0.05) is 12.1 Å². The third kappa shape index (κ3) is 5.18. The molecule has 0 aliphatic carbocycles. The zero-order valence-electron chi connectivity index (χ0n) is 17.1. The first kappa shape index (κ1) is 22.2. The number of aryl methyl sites for hydroxylation is 1. The van der Waals surface area contributed by atoms with Crippen LogP contribution in [0.2, 0.25) is 0 Å². The molecule has 0 bridgehead atoms. The van der Waals surface area contributed by atoms with E-state index >= 15 is 0 Å². The molecule has 0 atom stereocenters. The van der Waals surface area contributed by atoms with Gasteiger partial charge in [-0.05, 0) is 37.1 Å². The number of sulfonamides is 1. The van der Waals surface area contributed by atoms with Crippen LogP contribution in [0.25, 0.3) is 0 Å². The highest BCUT2D eigenvalue weighted by atomic mass is 32.2. The van der Waals surface area contributed by atoms with E-state index < -0.39 is 27.4 Å². The highest BCUT2D eigenvalue weighted by Gasteiger charge is 2.25. The molecule has 1 aliphatic heterocycles. The van der Waals surface area contributed by atoms with Crippen molar-refractivity contribution in [2.45, 2.75) is 19.8 Å². The summed E-state index contributed by atoms with van der Waals surface area (Å²) >= 11 is 0. The molecule has 3 rings (SSSR count). The average molecular weight is 446 g/mol. The summed E-state index contributed by atoms with van der Waals surface area (Å²) in [6, 6.07) is 10.2. The van der Waals surface area contributed by atoms with Gasteiger partial charge in [0.05, 0.1) is 16.9 Å². The summed E-state index contributed by atoms with van der Waals surface area (Å²) < 4.78 is 25.3. The molecule has 2 amide bonds. The molecule has 0 unspecified atom stereocenters. The van der Waals surface area contributed by atoms with Crippen LogP contribution in [0, 0.1) is 17.0 Å². The first-order valence-corrected chi connectivity index (χ1v) is 11.3. The summed E-state index contributed by atoms with van der Waals surface area (Å²) in [5.41, 5.74) is 1.71. The number of nitrogens with one attached hydrogen (secondary N) is 1. The van der Waals surface area contributed by atoms with Crippen molar-refractivity contribution >= 4 is 44.6 Å². The molecule has 31 heavy (non-hydrogen) atoms. The smallest absolute Gasteiger partial charge is 0.271 e. The van der Waals surface area contributed by atoms with Crippen molar-refractivity contribution in [2.24, 2.45) is 0 Å². The van der Waals surface area contributed by atoms with Crippen LogP contribution in [0.3, 0.4) is 0 Å². The topological polar surface area (TPSA) is 130 Å². The number of hydrogen-bond acceptors (Lipinski definition) is 6. The Morgan fingerprint density at radius 3 is 2.61 bits per heavy atom. The lowest BCUT2D eigenvalue weighted by molar-refractivity contribution is -0.384. The zero-order valence-corrected chi connectivity index (χ0v) is 17.9. The number of carbonyl (C=O) groups is 2. The van der Waals surface area contributed by atoms with Crippen LogP contribution in [-0.2, 0) is 19.6 Å². The molecule has 0 spiro atoms. The normalized spacial score (nSPS) is 13.9. The number of amides is 2. The molecule has 10 nitrogen and oxygen atoms in total. The number of non-ortho nitro benzene ring substituents is 1. The van der Waals surface area contributed by atoms with Crippen molar-refractivity contribution in [3.8, 4) is 0 Å². The zero-order chi connectivity index (χ0) is 22.8. The SMILES string of the molecule is Cc1ccc(NC(=O)CN(c2cccc([N+](=O)[O-])c2)S(C)(=O)=O)cc1N1CCCC1=O. The molecule has 0 aromatic heterocycles. The Morgan fingerprint density at radius 2 is 2.00 bits per heavy atom. The van der Waals surface area contributed by atoms with Crippen LogP contribution in [0.4, 0.5) is 22.7 Å². The van der Waals surface area contributed by atoms with Gasteiger partial charge in [0.2, 0.25) is 21.8 Å². The van der Waals surface area contributed by atoms with Crippen molar-refractivity contribution in [1.29, 1.82) is 0 Å². The lowest BCUT2D eigenvalue weighted by atomic mass is 10.1. The quantitative estimate of drug-likeness (QED) is 0.514. The predicted molar refractivity (Wildman–Crippen MR) is 117 cm³/mol. The number of nitrogens with zero attached hydrogens (tertiary/aromatic N) is 3. The fraction of sp³-hybridized carbons (Fsp3) is 0.300. The second kappa shape index (κ2) is 8.72. The van der Waals surface area contributed by atoms with Crippen LogP contribution in [0.15, 0.2) is 42.5 Å². The molecule has 0 saturated carbocycles. The maximum Gasteiger partial charge on any atom is 0.271 e. The maximum absolute atomic E-state index is 12.6. The van der Waals surface area contributed by atoms with E-state index in [4.69, 9.17) is 0 Å². The number of nitro groups is 1. The molecule has 2 aromatic rings. The van der Waals surface area contributed by atoms with Crippen molar-refractivity contribution in [1.82, 2.24) is 0 Å². The second-order valence-electron chi connectivity index (χ2n) is 7.24. The van der Waals surface area contributed by atoms with E-state index in [1.54, 1.807) is 23.1 Å². The van der Waals surface area contributed by atoms with Gasteiger partial charge in [-0.3, -0.25) is 24.0 Å². The number of rotatable bonds is 7. The number of hydrogen-bond donors (Lipinski definition) is 1. The van der Waals surface area contributed by atoms with Gasteiger partial charge in [-0.15, -0.1) is 0 Å². The van der Waals surface area contributed by atoms with Crippen molar-refractivity contribution in [3.63, 3.8) is 0 Å². The standard InChI is InChI=1S/C20H22N4O6S/c1-14-8-9-15(11-18(14)22-10-4-7-20(22)26)21-19(25)13-23(31(2,29)30)16-5-3-6-17(12-16)24(27)28/h3,5-6,8-9,11-12H,4,7,10,13H2,1-2H3,(H,21,25). The Balaban J connectivity index is 1.82. The van der Waals surface area contributed by atoms with Crippen LogP contribution in [0.5, 0.6) is 0 Å². The van der Waals surface area contributed by atoms with Crippen LogP contribution in [-0.4, -0.2) is 44.5 Å². The van der Waals surface area contributed by atoms with Crippen molar-refractivity contribution in [3.05, 3.63) is 58.1 Å². The second-order valence-corrected chi connectivity index (χ2v) is 9.15. The lowest BCUT2D eigenvalue weighted by Crippen LogP contribution is -2.37. The maximum atomic E-state index is 12.6. The minimum atomic E-state index is -3.89. The Labute approximate surface area is 179 Å². The molecule has 1 N–H and O–H groups in total. The van der Waals surface area contributed by atoms with Gasteiger partial charge in [0.15, 0.2) is 0 Å². The van der Waals surface area contributed by atoms with Gasteiger partial charge < -0.3 is 10.2 Å². The Hall–Kier alpha value is -3.47. The highest BCUT2D eigenvalue weighted by molar-refractivity contribution is 7.92. The Bertz CT molecular complexity index is 1150. The van der Waals surface area contributed by atoms with E-state index in [1.807, 2.05) is 6.92 Å². The van der Waals surface area contributed by atoms with Gasteiger partial charge in [0.1, 0.15) is 6.54 Å². The summed E-state index contributed by atoms with van der Waals surface area (Å²) in [4.78, 5) is 36.7. The van der Waals surface area contributed by atoms with Gasteiger partial charge >= 0.3 is 0 Å². The van der Waals surface area contributed by atoms with Gasteiger partial charge in [-0.25, -0.2) is 8.42 Å². The molecule has 1 heterocycles. The first-order valence-electron chi connectivity index (χ1n) is 9.49. The van der Waals surface area contributed by atoms with Crippen molar-refractivity contribution in [2.75, 3.05) is 33.9 Å². The number of carbonyl (C=O) groups excluding carboxylic acids is 2. The van der Waals surface area contributed by atoms with Crippen LogP contribution in [0.1, 0.15) is 18.4 Å². The summed E-state index contributed by atoms with van der Waals surface area (Å²) in [7, 11) is -3.89. The predicted octanol–water partition coefficient (Wildman–Crippen LogP) is 2.43. The first-order chi connectivity index (χ1) is 14.6. The number of anilines is 3. The Morgan fingerprint density at radius 1 is 1.26 bits per heavy atom. The van der Waals surface area contributed by atoms with Gasteiger partial charge in [0.25, 0.3) is 5.69 Å². The monoisotopic (exact) mass is 446 g/mol. The van der Waals surface area contributed by atoms with Crippen LogP contribution >= 0.6 is 0 Å². The molecule has 1 fully saturated rings. The molecule has 1 aliphatic rings. The Kier molecular flexibility index (Phi) is 6.25. The van der Waals surface area contributed by atoms with E-state index in [0.29, 0.717) is 24.3 Å². The summed E-state index contributed by atoms with van der Waals surface area (Å²) in [6.45, 7) is 1.90. The minimum absolute atomic E-state index is 0.0131. The fourth-order valence-corrected chi connectivity index (χ4v) is 4.22. The molecular formula is C20H22N4O6S. The van der Waals surface area contributed by atoms with E-state index in [-0.39, 0.29) is 17.3 Å². The number of nitro benzene ring substituents is 1.